The van der Waals surface area contributed by atoms with Gasteiger partial charge in [0, 0.05) is 6.54 Å². The molecule has 14 heavy (non-hydrogen) atoms. The molecule has 0 bridgehead atoms. The molecule has 0 fully saturated rings. The number of carboxylic acids is 1. The minimum Gasteiger partial charge on any atom is -0.480 e. The van der Waals surface area contributed by atoms with Crippen molar-refractivity contribution in [3.8, 4) is 0 Å². The Morgan fingerprint density at radius 2 is 1.93 bits per heavy atom. The van der Waals surface area contributed by atoms with E-state index in [1.54, 1.807) is 0 Å². The van der Waals surface area contributed by atoms with Crippen molar-refractivity contribution in [2.45, 2.75) is 13.3 Å². The lowest BCUT2D eigenvalue weighted by Gasteiger charge is -2.04. The number of nitrogens with one attached hydrogen (secondary N) is 1. The molecule has 0 saturated heterocycles. The Bertz CT molecular complexity index is 141. The molecule has 0 atom stereocenters. The average Bonchev–Trinajstić information content (AvgIpc) is 2.15. The van der Waals surface area contributed by atoms with Crippen molar-refractivity contribution in [3.63, 3.8) is 0 Å². The zero-order chi connectivity index (χ0) is 10.6. The molecule has 0 heterocycles. The smallest absolute Gasteiger partial charge is 0.329 e. The highest BCUT2D eigenvalue weighted by Gasteiger charge is 1.95. The Balaban J connectivity index is 2.88. The summed E-state index contributed by atoms with van der Waals surface area (Å²) in [5.41, 5.74) is 0. The van der Waals surface area contributed by atoms with Gasteiger partial charge in [0.1, 0.15) is 6.61 Å². The Morgan fingerprint density at radius 1 is 1.21 bits per heavy atom. The van der Waals surface area contributed by atoms with E-state index in [1.807, 2.05) is 0 Å². The van der Waals surface area contributed by atoms with Crippen molar-refractivity contribution < 1.29 is 19.4 Å². The summed E-state index contributed by atoms with van der Waals surface area (Å²) in [7, 11) is 0. The molecule has 0 aromatic carbocycles. The molecule has 0 saturated carbocycles. The molecule has 0 amide bonds. The number of ether oxygens (including phenoxy) is 2. The third-order valence-corrected chi connectivity index (χ3v) is 1.45. The molecular formula is C9H19NO4. The normalized spacial score (nSPS) is 10.4. The van der Waals surface area contributed by atoms with Gasteiger partial charge in [-0.1, -0.05) is 6.92 Å². The maximum atomic E-state index is 10.0. The van der Waals surface area contributed by atoms with Gasteiger partial charge in [0.2, 0.25) is 0 Å². The average molecular weight is 205 g/mol. The second-order valence-electron chi connectivity index (χ2n) is 2.81. The topological polar surface area (TPSA) is 67.8 Å². The van der Waals surface area contributed by atoms with Gasteiger partial charge >= 0.3 is 5.97 Å². The van der Waals surface area contributed by atoms with Gasteiger partial charge in [0.05, 0.1) is 19.8 Å². The largest absolute Gasteiger partial charge is 0.480 e. The zero-order valence-corrected chi connectivity index (χ0v) is 8.62. The van der Waals surface area contributed by atoms with Gasteiger partial charge in [-0.2, -0.15) is 0 Å². The molecule has 0 unspecified atom stereocenters. The third kappa shape index (κ3) is 11.4. The van der Waals surface area contributed by atoms with E-state index < -0.39 is 5.97 Å². The molecule has 0 aromatic rings. The van der Waals surface area contributed by atoms with E-state index in [-0.39, 0.29) is 6.61 Å². The van der Waals surface area contributed by atoms with Crippen molar-refractivity contribution in [2.24, 2.45) is 0 Å². The quantitative estimate of drug-likeness (QED) is 0.495. The molecule has 5 nitrogen and oxygen atoms in total. The van der Waals surface area contributed by atoms with Crippen molar-refractivity contribution in [2.75, 3.05) is 39.5 Å². The van der Waals surface area contributed by atoms with Gasteiger partial charge in [0.25, 0.3) is 0 Å². The molecule has 0 spiro atoms. The van der Waals surface area contributed by atoms with Crippen LogP contribution in [0.4, 0.5) is 0 Å². The van der Waals surface area contributed by atoms with Crippen LogP contribution in [0.1, 0.15) is 13.3 Å². The fourth-order valence-electron chi connectivity index (χ4n) is 0.826. The summed E-state index contributed by atoms with van der Waals surface area (Å²) in [5.74, 6) is -0.949. The number of hydrogen-bond acceptors (Lipinski definition) is 4. The summed E-state index contributed by atoms with van der Waals surface area (Å²) < 4.78 is 9.96. The van der Waals surface area contributed by atoms with E-state index in [2.05, 4.69) is 12.2 Å². The first kappa shape index (κ1) is 13.4. The standard InChI is InChI=1S/C9H19NO4/c1-2-3-10-4-5-13-6-7-14-8-9(11)12/h10H,2-8H2,1H3,(H,11,12). The van der Waals surface area contributed by atoms with Crippen LogP contribution in [0.3, 0.4) is 0 Å². The molecular weight excluding hydrogens is 186 g/mol. The highest BCUT2D eigenvalue weighted by atomic mass is 16.5. The van der Waals surface area contributed by atoms with Crippen LogP contribution < -0.4 is 5.32 Å². The Hall–Kier alpha value is -0.650. The van der Waals surface area contributed by atoms with Crippen LogP contribution in [0.15, 0.2) is 0 Å². The van der Waals surface area contributed by atoms with E-state index in [1.165, 1.54) is 0 Å². The first-order chi connectivity index (χ1) is 6.77. The van der Waals surface area contributed by atoms with Gasteiger partial charge in [-0.15, -0.1) is 0 Å². The molecule has 2 N–H and O–H groups in total. The summed E-state index contributed by atoms with van der Waals surface area (Å²) in [6.07, 6.45) is 1.11. The maximum absolute atomic E-state index is 10.0. The zero-order valence-electron chi connectivity index (χ0n) is 8.62. The van der Waals surface area contributed by atoms with Crippen LogP contribution in [0.5, 0.6) is 0 Å². The number of aliphatic carboxylic acids is 1. The Kier molecular flexibility index (Phi) is 9.95. The first-order valence-electron chi connectivity index (χ1n) is 4.85. The molecule has 0 aliphatic carbocycles. The van der Waals surface area contributed by atoms with Crippen molar-refractivity contribution in [1.29, 1.82) is 0 Å². The predicted molar refractivity (Wildman–Crippen MR) is 52.4 cm³/mol. The summed E-state index contributed by atoms with van der Waals surface area (Å²) in [4.78, 5) is 10.0. The van der Waals surface area contributed by atoms with Gasteiger partial charge in [-0.05, 0) is 13.0 Å². The van der Waals surface area contributed by atoms with Crippen LogP contribution >= 0.6 is 0 Å². The first-order valence-corrected chi connectivity index (χ1v) is 4.85. The van der Waals surface area contributed by atoms with Gasteiger partial charge in [-0.3, -0.25) is 0 Å². The van der Waals surface area contributed by atoms with Gasteiger partial charge in [0.15, 0.2) is 0 Å². The molecule has 84 valence electrons. The minimum absolute atomic E-state index is 0.253. The summed E-state index contributed by atoms with van der Waals surface area (Å²) in [5, 5.41) is 11.4. The van der Waals surface area contributed by atoms with Gasteiger partial charge < -0.3 is 19.9 Å². The monoisotopic (exact) mass is 205 g/mol. The fourth-order valence-corrected chi connectivity index (χ4v) is 0.826. The van der Waals surface area contributed by atoms with E-state index in [4.69, 9.17) is 14.6 Å². The number of carbonyl (C=O) groups is 1. The SMILES string of the molecule is CCCNCCOCCOCC(=O)O. The lowest BCUT2D eigenvalue weighted by atomic mass is 10.5. The Labute approximate surface area is 84.4 Å². The van der Waals surface area contributed by atoms with E-state index in [9.17, 15) is 4.79 Å². The fraction of sp³-hybridized carbons (Fsp3) is 0.889. The number of rotatable bonds is 10. The molecule has 0 radical (unpaired) electrons. The predicted octanol–water partition coefficient (Wildman–Crippen LogP) is 0.104. The highest BCUT2D eigenvalue weighted by molar-refractivity contribution is 5.67. The molecule has 5 heteroatoms. The third-order valence-electron chi connectivity index (χ3n) is 1.45. The summed E-state index contributed by atoms with van der Waals surface area (Å²) in [6, 6.07) is 0. The van der Waals surface area contributed by atoms with Crippen LogP contribution in [-0.2, 0) is 14.3 Å². The Morgan fingerprint density at radius 3 is 2.57 bits per heavy atom. The lowest BCUT2D eigenvalue weighted by molar-refractivity contribution is -0.142. The number of hydrogen-bond donors (Lipinski definition) is 2. The lowest BCUT2D eigenvalue weighted by Crippen LogP contribution is -2.21. The van der Waals surface area contributed by atoms with Crippen LogP contribution in [0.25, 0.3) is 0 Å². The van der Waals surface area contributed by atoms with Crippen molar-refractivity contribution in [1.82, 2.24) is 5.32 Å². The molecule has 0 aliphatic rings. The van der Waals surface area contributed by atoms with Crippen molar-refractivity contribution >= 4 is 5.97 Å². The van der Waals surface area contributed by atoms with Crippen molar-refractivity contribution in [3.05, 3.63) is 0 Å². The molecule has 0 rings (SSSR count). The van der Waals surface area contributed by atoms with Crippen LogP contribution in [0.2, 0.25) is 0 Å². The minimum atomic E-state index is -0.949. The number of carboxylic acid groups (broad SMARTS) is 1. The van der Waals surface area contributed by atoms with E-state index in [0.29, 0.717) is 19.8 Å². The summed E-state index contributed by atoms with van der Waals surface area (Å²) in [6.45, 7) is 5.09. The second-order valence-corrected chi connectivity index (χ2v) is 2.81. The van der Waals surface area contributed by atoms with E-state index in [0.717, 1.165) is 19.5 Å². The molecule has 0 aliphatic heterocycles. The second kappa shape index (κ2) is 10.4. The van der Waals surface area contributed by atoms with Crippen LogP contribution in [0, 0.1) is 0 Å². The molecule has 0 aromatic heterocycles. The van der Waals surface area contributed by atoms with Crippen LogP contribution in [-0.4, -0.2) is 50.6 Å². The summed E-state index contributed by atoms with van der Waals surface area (Å²) >= 11 is 0. The van der Waals surface area contributed by atoms with Gasteiger partial charge in [-0.25, -0.2) is 4.79 Å². The maximum Gasteiger partial charge on any atom is 0.329 e. The van der Waals surface area contributed by atoms with E-state index >= 15 is 0 Å². The highest BCUT2D eigenvalue weighted by Crippen LogP contribution is 1.78.